The number of carbonyl (C=O) groups is 4. The van der Waals surface area contributed by atoms with E-state index in [4.69, 9.17) is 0 Å². The third-order valence-electron chi connectivity index (χ3n) is 10.9. The van der Waals surface area contributed by atoms with E-state index in [0.717, 1.165) is 21.5 Å². The summed E-state index contributed by atoms with van der Waals surface area (Å²) in [5, 5.41) is 55.4. The summed E-state index contributed by atoms with van der Waals surface area (Å²) in [6, 6.07) is 42.0. The second-order valence-electron chi connectivity index (χ2n) is 16.1. The summed E-state index contributed by atoms with van der Waals surface area (Å²) in [6.45, 7) is 7.50. The molecule has 0 amide bonds. The first-order chi connectivity index (χ1) is 34.1. The summed E-state index contributed by atoms with van der Waals surface area (Å²) in [5.41, 5.74) is 2.57. The summed E-state index contributed by atoms with van der Waals surface area (Å²) in [4.78, 5) is 57.5. The topological polar surface area (TPSA) is 248 Å². The van der Waals surface area contributed by atoms with Crippen LogP contribution in [0.3, 0.4) is 0 Å². The third kappa shape index (κ3) is 21.5. The summed E-state index contributed by atoms with van der Waals surface area (Å²) in [7, 11) is 0. The molecule has 8 aromatic rings. The molecule has 0 atom stereocenters. The number of pyridine rings is 4. The zero-order valence-corrected chi connectivity index (χ0v) is 46.4. The van der Waals surface area contributed by atoms with Gasteiger partial charge in [0.05, 0.1) is 68.7 Å². The molecule has 0 spiro atoms. The molecule has 364 valence electrons. The average Bonchev–Trinajstić information content (AvgIpc) is 3.42. The molecular formula is C55H57N7O8Zn2. The third-order valence-corrected chi connectivity index (χ3v) is 10.9. The van der Waals surface area contributed by atoms with Crippen LogP contribution in [0.1, 0.15) is 99.7 Å². The molecule has 17 heteroatoms. The standard InChI is InChI=1S/4C10H7NO2.3C5H11N.2Zn/c4*12-10(13)9-6-5-7-3-1-2-4-8(7)11-9;3*1-2-4-6-5-3-1;;/h4*1-6H,(H,12,13);3*6H,1-5H2;;/q;;;;;;;2*+2/p-4. The molecule has 7 heterocycles. The van der Waals surface area contributed by atoms with Crippen molar-refractivity contribution >= 4 is 67.5 Å². The van der Waals surface area contributed by atoms with Gasteiger partial charge in [-0.05, 0) is 126 Å². The summed E-state index contributed by atoms with van der Waals surface area (Å²) in [5.74, 6) is -4.98. The van der Waals surface area contributed by atoms with Crippen molar-refractivity contribution in [1.29, 1.82) is 0 Å². The Bertz CT molecular complexity index is 2500. The first-order valence-corrected chi connectivity index (χ1v) is 23.5. The van der Waals surface area contributed by atoms with E-state index in [1.807, 2.05) is 72.8 Å². The Morgan fingerprint density at radius 2 is 0.486 bits per heavy atom. The van der Waals surface area contributed by atoms with Crippen LogP contribution in [0, 0.1) is 0 Å². The Kier molecular flexibility index (Phi) is 28.2. The number of carbonyl (C=O) groups excluding carboxylic acids is 4. The number of aromatic carboxylic acids is 4. The molecule has 3 aliphatic rings. The number of aromatic nitrogens is 4. The number of piperidine rings is 3. The second kappa shape index (κ2) is 34.0. The van der Waals surface area contributed by atoms with Gasteiger partial charge in [-0.15, -0.1) is 0 Å². The number of carboxylic acids is 4. The minimum Gasteiger partial charge on any atom is -0.543 e. The van der Waals surface area contributed by atoms with Crippen LogP contribution in [-0.4, -0.2) is 83.1 Å². The van der Waals surface area contributed by atoms with Crippen molar-refractivity contribution in [2.45, 2.75) is 57.8 Å². The van der Waals surface area contributed by atoms with Crippen LogP contribution >= 0.6 is 0 Å². The van der Waals surface area contributed by atoms with Gasteiger partial charge in [0.15, 0.2) is 0 Å². The van der Waals surface area contributed by atoms with Gasteiger partial charge in [0.2, 0.25) is 0 Å². The van der Waals surface area contributed by atoms with Gasteiger partial charge >= 0.3 is 39.0 Å². The van der Waals surface area contributed by atoms with Gasteiger partial charge in [0.1, 0.15) is 0 Å². The Labute approximate surface area is 444 Å². The van der Waals surface area contributed by atoms with E-state index in [2.05, 4.69) is 35.9 Å². The van der Waals surface area contributed by atoms with Crippen LogP contribution in [0.5, 0.6) is 0 Å². The number of nitrogens with zero attached hydrogens (tertiary/aromatic N) is 4. The molecular weight excluding hydrogens is 1020 g/mol. The molecule has 3 N–H and O–H groups in total. The summed E-state index contributed by atoms with van der Waals surface area (Å²) >= 11 is 0. The Morgan fingerprint density at radius 1 is 0.292 bits per heavy atom. The van der Waals surface area contributed by atoms with E-state index >= 15 is 0 Å². The maximum Gasteiger partial charge on any atom is 2.00 e. The molecule has 4 aromatic heterocycles. The average molecular weight is 1070 g/mol. The fraction of sp³-hybridized carbons (Fsp3) is 0.273. The van der Waals surface area contributed by atoms with Crippen LogP contribution in [0.15, 0.2) is 146 Å². The number of para-hydroxylation sites is 4. The molecule has 0 aliphatic carbocycles. The van der Waals surface area contributed by atoms with E-state index in [1.54, 1.807) is 48.5 Å². The number of fused-ring (bicyclic) bond motifs is 4. The Balaban J connectivity index is 0.000000226. The van der Waals surface area contributed by atoms with Crippen LogP contribution in [-0.2, 0) is 39.0 Å². The molecule has 11 rings (SSSR count). The number of rotatable bonds is 4. The first-order valence-electron chi connectivity index (χ1n) is 23.5. The fourth-order valence-electron chi connectivity index (χ4n) is 7.12. The van der Waals surface area contributed by atoms with Gasteiger partial charge in [-0.1, -0.05) is 116 Å². The number of benzene rings is 4. The maximum atomic E-state index is 10.5. The molecule has 15 nitrogen and oxygen atoms in total. The number of carboxylic acid groups (broad SMARTS) is 4. The predicted octanol–water partition coefficient (Wildman–Crippen LogP) is 4.67. The van der Waals surface area contributed by atoms with Crippen LogP contribution in [0.4, 0.5) is 0 Å². The minimum atomic E-state index is -1.24. The van der Waals surface area contributed by atoms with Gasteiger partial charge in [0.25, 0.3) is 0 Å². The SMILES string of the molecule is C1CCNCC1.C1CCNCC1.C1CCNCC1.O=C([O-])c1ccc2ccccc2n1.O=C([O-])c1ccc2ccccc2n1.O=C([O-])c1ccc2ccccc2n1.O=C([O-])c1ccc2ccccc2n1.[Zn+2].[Zn+2]. The van der Waals surface area contributed by atoms with Gasteiger partial charge in [-0.2, -0.15) is 0 Å². The molecule has 0 bridgehead atoms. The first kappa shape index (κ1) is 59.8. The summed E-state index contributed by atoms with van der Waals surface area (Å²) in [6.07, 6.45) is 12.6. The Morgan fingerprint density at radius 3 is 0.639 bits per heavy atom. The Hall–Kier alpha value is -6.47. The van der Waals surface area contributed by atoms with Crippen molar-refractivity contribution in [3.05, 3.63) is 168 Å². The number of nitrogens with one attached hydrogen (secondary N) is 3. The van der Waals surface area contributed by atoms with E-state index in [9.17, 15) is 39.6 Å². The molecule has 0 saturated carbocycles. The van der Waals surface area contributed by atoms with Crippen molar-refractivity contribution in [1.82, 2.24) is 35.9 Å². The maximum absolute atomic E-state index is 10.5. The van der Waals surface area contributed by atoms with E-state index in [0.29, 0.717) is 22.1 Å². The van der Waals surface area contributed by atoms with Gasteiger partial charge < -0.3 is 55.6 Å². The van der Waals surface area contributed by atoms with Crippen molar-refractivity contribution in [3.63, 3.8) is 0 Å². The van der Waals surface area contributed by atoms with Crippen molar-refractivity contribution in [3.8, 4) is 0 Å². The van der Waals surface area contributed by atoms with Crippen molar-refractivity contribution in [2.24, 2.45) is 0 Å². The van der Waals surface area contributed by atoms with E-state index in [-0.39, 0.29) is 61.7 Å². The molecule has 0 unspecified atom stereocenters. The monoisotopic (exact) mass is 1070 g/mol. The smallest absolute Gasteiger partial charge is 0.543 e. The van der Waals surface area contributed by atoms with Gasteiger partial charge in [-0.3, -0.25) is 0 Å². The van der Waals surface area contributed by atoms with Crippen LogP contribution < -0.4 is 36.4 Å². The fourth-order valence-corrected chi connectivity index (χ4v) is 7.12. The molecule has 3 aliphatic heterocycles. The molecule has 3 fully saturated rings. The van der Waals surface area contributed by atoms with Crippen LogP contribution in [0.2, 0.25) is 0 Å². The molecule has 4 aromatic carbocycles. The van der Waals surface area contributed by atoms with Gasteiger partial charge in [0, 0.05) is 21.5 Å². The minimum absolute atomic E-state index is 0. The molecule has 72 heavy (non-hydrogen) atoms. The summed E-state index contributed by atoms with van der Waals surface area (Å²) < 4.78 is 0. The number of hydrogen-bond donors (Lipinski definition) is 3. The molecule has 0 radical (unpaired) electrons. The predicted molar refractivity (Wildman–Crippen MR) is 264 cm³/mol. The normalized spacial score (nSPS) is 13.3. The number of hydrogen-bond acceptors (Lipinski definition) is 15. The zero-order chi connectivity index (χ0) is 49.8. The quantitative estimate of drug-likeness (QED) is 0.203. The van der Waals surface area contributed by atoms with Gasteiger partial charge in [-0.25, -0.2) is 19.9 Å². The van der Waals surface area contributed by atoms with E-state index in [1.165, 1.54) is 121 Å². The second-order valence-corrected chi connectivity index (χ2v) is 16.1. The van der Waals surface area contributed by atoms with Crippen molar-refractivity contribution < 1.29 is 78.6 Å². The van der Waals surface area contributed by atoms with Crippen molar-refractivity contribution in [2.75, 3.05) is 39.3 Å². The van der Waals surface area contributed by atoms with E-state index < -0.39 is 23.9 Å². The molecule has 3 saturated heterocycles. The van der Waals surface area contributed by atoms with Crippen LogP contribution in [0.25, 0.3) is 43.6 Å². The largest absolute Gasteiger partial charge is 2.00 e. The zero-order valence-electron chi connectivity index (χ0n) is 40.4.